The number of aromatic nitrogens is 2. The first-order chi connectivity index (χ1) is 9.61. The molecule has 1 aromatic carbocycles. The van der Waals surface area contributed by atoms with Gasteiger partial charge in [-0.25, -0.2) is 9.37 Å². The van der Waals surface area contributed by atoms with Crippen LogP contribution >= 0.6 is 0 Å². The number of nitrogens with zero attached hydrogens (tertiary/aromatic N) is 2. The molecule has 2 N–H and O–H groups in total. The molecule has 1 aromatic heterocycles. The van der Waals surface area contributed by atoms with E-state index >= 15 is 0 Å². The van der Waals surface area contributed by atoms with Gasteiger partial charge >= 0.3 is 0 Å². The number of benzene rings is 1. The molecule has 1 heterocycles. The van der Waals surface area contributed by atoms with Crippen molar-refractivity contribution in [1.29, 1.82) is 0 Å². The van der Waals surface area contributed by atoms with Crippen molar-refractivity contribution in [2.24, 2.45) is 0 Å². The van der Waals surface area contributed by atoms with Gasteiger partial charge in [0.1, 0.15) is 11.6 Å². The summed E-state index contributed by atoms with van der Waals surface area (Å²) >= 11 is 0. The highest BCUT2D eigenvalue weighted by Crippen LogP contribution is 2.22. The van der Waals surface area contributed by atoms with Crippen LogP contribution in [-0.2, 0) is 0 Å². The van der Waals surface area contributed by atoms with Crippen molar-refractivity contribution in [3.63, 3.8) is 0 Å². The lowest BCUT2D eigenvalue weighted by Gasteiger charge is -2.17. The van der Waals surface area contributed by atoms with Gasteiger partial charge in [-0.2, -0.15) is 4.98 Å². The summed E-state index contributed by atoms with van der Waals surface area (Å²) in [6.07, 6.45) is 1.75. The van der Waals surface area contributed by atoms with Crippen LogP contribution in [0.5, 0.6) is 0 Å². The SMILES string of the molecule is CCNc1ncc(C)c(NC(C)c2ccccc2F)n1. The molecule has 2 rings (SSSR count). The second-order valence-corrected chi connectivity index (χ2v) is 4.64. The third-order valence-electron chi connectivity index (χ3n) is 3.03. The summed E-state index contributed by atoms with van der Waals surface area (Å²) in [6, 6.07) is 6.58. The Kier molecular flexibility index (Phi) is 4.50. The second-order valence-electron chi connectivity index (χ2n) is 4.64. The average molecular weight is 274 g/mol. The Labute approximate surface area is 118 Å². The maximum absolute atomic E-state index is 13.8. The van der Waals surface area contributed by atoms with E-state index in [2.05, 4.69) is 20.6 Å². The number of anilines is 2. The largest absolute Gasteiger partial charge is 0.363 e. The first-order valence-corrected chi connectivity index (χ1v) is 6.70. The fraction of sp³-hybridized carbons (Fsp3) is 0.333. The molecule has 0 fully saturated rings. The summed E-state index contributed by atoms with van der Waals surface area (Å²) in [5, 5.41) is 6.30. The van der Waals surface area contributed by atoms with Crippen molar-refractivity contribution < 1.29 is 4.39 Å². The molecule has 0 saturated carbocycles. The van der Waals surface area contributed by atoms with Crippen LogP contribution in [0.1, 0.15) is 31.0 Å². The molecule has 0 radical (unpaired) electrons. The van der Waals surface area contributed by atoms with Gasteiger partial charge < -0.3 is 10.6 Å². The summed E-state index contributed by atoms with van der Waals surface area (Å²) in [7, 11) is 0. The van der Waals surface area contributed by atoms with Crippen molar-refractivity contribution in [1.82, 2.24) is 9.97 Å². The first-order valence-electron chi connectivity index (χ1n) is 6.70. The predicted octanol–water partition coefficient (Wildman–Crippen LogP) is 3.53. The summed E-state index contributed by atoms with van der Waals surface area (Å²) in [5.74, 6) is 1.07. The minimum atomic E-state index is -0.217. The Morgan fingerprint density at radius 2 is 2.05 bits per heavy atom. The molecule has 0 saturated heterocycles. The van der Waals surface area contributed by atoms with Gasteiger partial charge in [-0.05, 0) is 26.8 Å². The van der Waals surface area contributed by atoms with Gasteiger partial charge in [0.15, 0.2) is 0 Å². The van der Waals surface area contributed by atoms with Gasteiger partial charge in [0, 0.05) is 23.9 Å². The summed E-state index contributed by atoms with van der Waals surface area (Å²) in [6.45, 7) is 6.57. The first kappa shape index (κ1) is 14.2. The van der Waals surface area contributed by atoms with Gasteiger partial charge in [-0.1, -0.05) is 18.2 Å². The van der Waals surface area contributed by atoms with Crippen LogP contribution in [0.25, 0.3) is 0 Å². The molecular weight excluding hydrogens is 255 g/mol. The zero-order valence-electron chi connectivity index (χ0n) is 11.9. The molecule has 4 nitrogen and oxygen atoms in total. The topological polar surface area (TPSA) is 49.8 Å². The third-order valence-corrected chi connectivity index (χ3v) is 3.03. The van der Waals surface area contributed by atoms with Gasteiger partial charge in [-0.3, -0.25) is 0 Å². The number of rotatable bonds is 5. The lowest BCUT2D eigenvalue weighted by Crippen LogP contribution is -2.12. The maximum Gasteiger partial charge on any atom is 0.224 e. The van der Waals surface area contributed by atoms with E-state index in [1.807, 2.05) is 26.8 Å². The zero-order chi connectivity index (χ0) is 14.5. The summed E-state index contributed by atoms with van der Waals surface area (Å²) < 4.78 is 13.8. The minimum absolute atomic E-state index is 0.167. The van der Waals surface area contributed by atoms with E-state index in [9.17, 15) is 4.39 Å². The lowest BCUT2D eigenvalue weighted by atomic mass is 10.1. The number of halogens is 1. The normalized spacial score (nSPS) is 12.0. The van der Waals surface area contributed by atoms with E-state index in [0.29, 0.717) is 17.3 Å². The molecule has 2 aromatic rings. The van der Waals surface area contributed by atoms with E-state index < -0.39 is 0 Å². The Hall–Kier alpha value is -2.17. The number of hydrogen-bond donors (Lipinski definition) is 2. The van der Waals surface area contributed by atoms with Crippen molar-refractivity contribution in [2.45, 2.75) is 26.8 Å². The van der Waals surface area contributed by atoms with Crippen LogP contribution in [0.4, 0.5) is 16.2 Å². The predicted molar refractivity (Wildman–Crippen MR) is 79.4 cm³/mol. The Bertz CT molecular complexity index is 586. The van der Waals surface area contributed by atoms with Crippen LogP contribution in [-0.4, -0.2) is 16.5 Å². The molecule has 0 amide bonds. The molecule has 0 aliphatic carbocycles. The number of aryl methyl sites for hydroxylation is 1. The second kappa shape index (κ2) is 6.32. The van der Waals surface area contributed by atoms with E-state index in [1.165, 1.54) is 6.07 Å². The molecule has 5 heteroatoms. The zero-order valence-corrected chi connectivity index (χ0v) is 11.9. The Balaban J connectivity index is 2.21. The number of nitrogens with one attached hydrogen (secondary N) is 2. The van der Waals surface area contributed by atoms with E-state index in [0.717, 1.165) is 12.1 Å². The highest BCUT2D eigenvalue weighted by molar-refractivity contribution is 5.48. The Morgan fingerprint density at radius 1 is 1.30 bits per heavy atom. The highest BCUT2D eigenvalue weighted by Gasteiger charge is 2.12. The highest BCUT2D eigenvalue weighted by atomic mass is 19.1. The van der Waals surface area contributed by atoms with Gasteiger partial charge in [0.05, 0.1) is 6.04 Å². The fourth-order valence-corrected chi connectivity index (χ4v) is 1.94. The molecule has 106 valence electrons. The molecule has 0 bridgehead atoms. The van der Waals surface area contributed by atoms with Crippen LogP contribution < -0.4 is 10.6 Å². The molecular formula is C15H19FN4. The lowest BCUT2D eigenvalue weighted by molar-refractivity contribution is 0.600. The summed E-state index contributed by atoms with van der Waals surface area (Å²) in [4.78, 5) is 8.59. The Morgan fingerprint density at radius 3 is 2.75 bits per heavy atom. The third kappa shape index (κ3) is 3.23. The fourth-order valence-electron chi connectivity index (χ4n) is 1.94. The molecule has 1 atom stereocenters. The van der Waals surface area contributed by atoms with Crippen molar-refractivity contribution in [3.8, 4) is 0 Å². The maximum atomic E-state index is 13.8. The van der Waals surface area contributed by atoms with E-state index in [4.69, 9.17) is 0 Å². The summed E-state index contributed by atoms with van der Waals surface area (Å²) in [5.41, 5.74) is 1.55. The molecule has 1 unspecified atom stereocenters. The molecule has 0 spiro atoms. The van der Waals surface area contributed by atoms with E-state index in [1.54, 1.807) is 18.3 Å². The van der Waals surface area contributed by atoms with Crippen molar-refractivity contribution >= 4 is 11.8 Å². The molecule has 0 aliphatic heterocycles. The van der Waals surface area contributed by atoms with Crippen molar-refractivity contribution in [2.75, 3.05) is 17.2 Å². The average Bonchev–Trinajstić information content (AvgIpc) is 2.43. The van der Waals surface area contributed by atoms with Gasteiger partial charge in [-0.15, -0.1) is 0 Å². The van der Waals surface area contributed by atoms with Crippen molar-refractivity contribution in [3.05, 3.63) is 47.4 Å². The molecule has 20 heavy (non-hydrogen) atoms. The van der Waals surface area contributed by atoms with Gasteiger partial charge in [0.2, 0.25) is 5.95 Å². The minimum Gasteiger partial charge on any atom is -0.363 e. The van der Waals surface area contributed by atoms with Crippen LogP contribution in [0.3, 0.4) is 0 Å². The van der Waals surface area contributed by atoms with Crippen LogP contribution in [0.2, 0.25) is 0 Å². The van der Waals surface area contributed by atoms with Crippen LogP contribution in [0, 0.1) is 12.7 Å². The number of hydrogen-bond acceptors (Lipinski definition) is 4. The standard InChI is InChI=1S/C15H19FN4/c1-4-17-15-18-9-10(2)14(20-15)19-11(3)12-7-5-6-8-13(12)16/h5-9,11H,4H2,1-3H3,(H2,17,18,19,20). The molecule has 0 aliphatic rings. The monoisotopic (exact) mass is 274 g/mol. The van der Waals surface area contributed by atoms with Gasteiger partial charge in [0.25, 0.3) is 0 Å². The smallest absolute Gasteiger partial charge is 0.224 e. The van der Waals surface area contributed by atoms with Crippen LogP contribution in [0.15, 0.2) is 30.5 Å². The quantitative estimate of drug-likeness (QED) is 0.875. The van der Waals surface area contributed by atoms with E-state index in [-0.39, 0.29) is 11.9 Å².